The Morgan fingerprint density at radius 2 is 2.24 bits per heavy atom. The number of aryl methyl sites for hydroxylation is 1. The summed E-state index contributed by atoms with van der Waals surface area (Å²) in [6.07, 6.45) is 5.79. The van der Waals surface area contributed by atoms with E-state index < -0.39 is 11.2 Å². The van der Waals surface area contributed by atoms with E-state index >= 15 is 0 Å². The van der Waals surface area contributed by atoms with Gasteiger partial charge in [-0.1, -0.05) is 6.92 Å². The van der Waals surface area contributed by atoms with E-state index in [2.05, 4.69) is 20.3 Å². The average molecular weight is 292 g/mol. The Morgan fingerprint density at radius 1 is 1.43 bits per heavy atom. The second-order valence-corrected chi connectivity index (χ2v) is 4.74. The maximum Gasteiger partial charge on any atom is 0.330 e. The van der Waals surface area contributed by atoms with E-state index in [0.717, 1.165) is 25.1 Å². The van der Waals surface area contributed by atoms with Gasteiger partial charge in [0.15, 0.2) is 0 Å². The van der Waals surface area contributed by atoms with Crippen LogP contribution >= 0.6 is 0 Å². The Kier molecular flexibility index (Phi) is 4.81. The normalized spacial score (nSPS) is 10.7. The summed E-state index contributed by atoms with van der Waals surface area (Å²) in [6, 6.07) is 0. The largest absolute Gasteiger partial charge is 0.383 e. The number of H-pyrrole nitrogens is 2. The number of hydrogen-bond acceptors (Lipinski definition) is 5. The molecule has 2 heterocycles. The number of aromatic nitrogens is 4. The van der Waals surface area contributed by atoms with Gasteiger partial charge < -0.3 is 16.0 Å². The van der Waals surface area contributed by atoms with Crippen molar-refractivity contribution in [1.29, 1.82) is 0 Å². The predicted molar refractivity (Wildman–Crippen MR) is 81.4 cm³/mol. The first kappa shape index (κ1) is 14.9. The van der Waals surface area contributed by atoms with Crippen LogP contribution in [0.15, 0.2) is 22.0 Å². The lowest BCUT2D eigenvalue weighted by Gasteiger charge is -2.13. The van der Waals surface area contributed by atoms with Gasteiger partial charge in [-0.2, -0.15) is 0 Å². The zero-order valence-corrected chi connectivity index (χ0v) is 12.0. The minimum atomic E-state index is -0.483. The van der Waals surface area contributed by atoms with Crippen LogP contribution in [0.4, 0.5) is 11.5 Å². The van der Waals surface area contributed by atoms with E-state index in [9.17, 15) is 9.59 Å². The molecule has 0 unspecified atom stereocenters. The SMILES string of the molecule is CCCn1c(N)c(NCCCc2ncc[nH]2)c(=O)[nH]c1=O. The van der Waals surface area contributed by atoms with E-state index in [-0.39, 0.29) is 11.5 Å². The van der Waals surface area contributed by atoms with Gasteiger partial charge in [0.1, 0.15) is 17.3 Å². The molecule has 8 heteroatoms. The monoisotopic (exact) mass is 292 g/mol. The first-order chi connectivity index (χ1) is 10.1. The molecule has 21 heavy (non-hydrogen) atoms. The fourth-order valence-corrected chi connectivity index (χ4v) is 2.11. The summed E-state index contributed by atoms with van der Waals surface area (Å²) in [7, 11) is 0. The van der Waals surface area contributed by atoms with Gasteiger partial charge in [0.2, 0.25) is 0 Å². The summed E-state index contributed by atoms with van der Waals surface area (Å²) in [5.74, 6) is 1.08. The van der Waals surface area contributed by atoms with E-state index in [1.807, 2.05) is 6.92 Å². The predicted octanol–water partition coefficient (Wildman–Crippen LogP) is 0.297. The molecule has 0 atom stereocenters. The smallest absolute Gasteiger partial charge is 0.330 e. The fraction of sp³-hybridized carbons (Fsp3) is 0.462. The van der Waals surface area contributed by atoms with Crippen LogP contribution in [0, 0.1) is 0 Å². The highest BCUT2D eigenvalue weighted by Gasteiger charge is 2.11. The summed E-state index contributed by atoms with van der Waals surface area (Å²) in [4.78, 5) is 32.9. The first-order valence-electron chi connectivity index (χ1n) is 6.98. The molecular weight excluding hydrogens is 272 g/mol. The number of hydrogen-bond donors (Lipinski definition) is 4. The lowest BCUT2D eigenvalue weighted by Crippen LogP contribution is -2.34. The van der Waals surface area contributed by atoms with Gasteiger partial charge in [0.05, 0.1) is 0 Å². The van der Waals surface area contributed by atoms with Crippen LogP contribution in [0.5, 0.6) is 0 Å². The zero-order chi connectivity index (χ0) is 15.2. The van der Waals surface area contributed by atoms with Crippen LogP contribution in [0.1, 0.15) is 25.6 Å². The molecule has 0 aromatic carbocycles. The number of nitrogen functional groups attached to an aromatic ring is 1. The highest BCUT2D eigenvalue weighted by Crippen LogP contribution is 2.10. The van der Waals surface area contributed by atoms with Crippen molar-refractivity contribution < 1.29 is 0 Å². The lowest BCUT2D eigenvalue weighted by molar-refractivity contribution is 0.642. The minimum absolute atomic E-state index is 0.184. The van der Waals surface area contributed by atoms with E-state index in [1.54, 1.807) is 12.4 Å². The van der Waals surface area contributed by atoms with Crippen molar-refractivity contribution in [3.8, 4) is 0 Å². The zero-order valence-electron chi connectivity index (χ0n) is 12.0. The Hall–Kier alpha value is -2.51. The summed E-state index contributed by atoms with van der Waals surface area (Å²) >= 11 is 0. The standard InChI is InChI=1S/C13H20N6O2/c1-2-8-19-11(14)10(12(20)18-13(19)21)17-5-3-4-9-15-6-7-16-9/h6-7,17H,2-5,8,14H2,1H3,(H,15,16)(H,18,20,21). The molecule has 0 aliphatic heterocycles. The average Bonchev–Trinajstić information content (AvgIpc) is 2.95. The van der Waals surface area contributed by atoms with Gasteiger partial charge >= 0.3 is 5.69 Å². The van der Waals surface area contributed by atoms with E-state index in [4.69, 9.17) is 5.73 Å². The number of nitrogens with two attached hydrogens (primary N) is 1. The Labute approximate surface area is 121 Å². The van der Waals surface area contributed by atoms with Gasteiger partial charge in [-0.05, 0) is 12.8 Å². The van der Waals surface area contributed by atoms with Crippen molar-refractivity contribution in [2.75, 3.05) is 17.6 Å². The van der Waals surface area contributed by atoms with Gasteiger partial charge in [-0.25, -0.2) is 9.78 Å². The molecule has 0 fully saturated rings. The molecule has 5 N–H and O–H groups in total. The van der Waals surface area contributed by atoms with E-state index in [0.29, 0.717) is 13.1 Å². The van der Waals surface area contributed by atoms with Gasteiger partial charge in [-0.15, -0.1) is 0 Å². The number of nitrogens with one attached hydrogen (secondary N) is 3. The van der Waals surface area contributed by atoms with Crippen molar-refractivity contribution in [1.82, 2.24) is 19.5 Å². The maximum atomic E-state index is 11.8. The third kappa shape index (κ3) is 3.53. The summed E-state index contributed by atoms with van der Waals surface area (Å²) in [5.41, 5.74) is 5.21. The molecule has 2 aromatic heterocycles. The number of nitrogens with zero attached hydrogens (tertiary/aromatic N) is 2. The highest BCUT2D eigenvalue weighted by molar-refractivity contribution is 5.60. The topological polar surface area (TPSA) is 122 Å². The summed E-state index contributed by atoms with van der Waals surface area (Å²) in [5, 5.41) is 3.00. The molecule has 2 rings (SSSR count). The highest BCUT2D eigenvalue weighted by atomic mass is 16.2. The van der Waals surface area contributed by atoms with E-state index in [1.165, 1.54) is 4.57 Å². The molecule has 0 aliphatic rings. The van der Waals surface area contributed by atoms with Crippen LogP contribution in [0.3, 0.4) is 0 Å². The van der Waals surface area contributed by atoms with Crippen molar-refractivity contribution in [2.24, 2.45) is 0 Å². The van der Waals surface area contributed by atoms with Crippen molar-refractivity contribution >= 4 is 11.5 Å². The van der Waals surface area contributed by atoms with Crippen LogP contribution < -0.4 is 22.3 Å². The molecule has 0 spiro atoms. The molecular formula is C13H20N6O2. The molecule has 0 saturated heterocycles. The molecule has 0 amide bonds. The van der Waals surface area contributed by atoms with Crippen LogP contribution in [0.25, 0.3) is 0 Å². The van der Waals surface area contributed by atoms with Crippen molar-refractivity contribution in [2.45, 2.75) is 32.7 Å². The molecule has 114 valence electrons. The Balaban J connectivity index is 2.04. The maximum absolute atomic E-state index is 11.8. The molecule has 0 radical (unpaired) electrons. The number of imidazole rings is 1. The van der Waals surface area contributed by atoms with Crippen LogP contribution in [0.2, 0.25) is 0 Å². The summed E-state index contributed by atoms with van der Waals surface area (Å²) in [6.45, 7) is 2.98. The quantitative estimate of drug-likeness (QED) is 0.547. The molecule has 2 aromatic rings. The van der Waals surface area contributed by atoms with Gasteiger partial charge in [0.25, 0.3) is 5.56 Å². The second kappa shape index (κ2) is 6.78. The number of rotatable bonds is 7. The first-order valence-corrected chi connectivity index (χ1v) is 6.98. The Morgan fingerprint density at radius 3 is 2.90 bits per heavy atom. The molecule has 0 bridgehead atoms. The van der Waals surface area contributed by atoms with Crippen molar-refractivity contribution in [3.05, 3.63) is 39.1 Å². The molecule has 0 aliphatic carbocycles. The fourth-order valence-electron chi connectivity index (χ4n) is 2.11. The minimum Gasteiger partial charge on any atom is -0.383 e. The molecule has 8 nitrogen and oxygen atoms in total. The van der Waals surface area contributed by atoms with Crippen LogP contribution in [-0.4, -0.2) is 26.1 Å². The third-order valence-corrected chi connectivity index (χ3v) is 3.13. The lowest BCUT2D eigenvalue weighted by atomic mass is 10.3. The van der Waals surface area contributed by atoms with Gasteiger partial charge in [-0.3, -0.25) is 14.3 Å². The van der Waals surface area contributed by atoms with Crippen LogP contribution in [-0.2, 0) is 13.0 Å². The van der Waals surface area contributed by atoms with Gasteiger partial charge in [0, 0.05) is 31.9 Å². The van der Waals surface area contributed by atoms with Crippen molar-refractivity contribution in [3.63, 3.8) is 0 Å². The Bertz CT molecular complexity index is 686. The second-order valence-electron chi connectivity index (χ2n) is 4.74. The number of anilines is 2. The third-order valence-electron chi connectivity index (χ3n) is 3.13. The molecule has 0 saturated carbocycles. The summed E-state index contributed by atoms with van der Waals surface area (Å²) < 4.78 is 1.37. The number of aromatic amines is 2.